The average molecular weight is 208 g/mol. The number of aromatic carboxylic acids is 1. The minimum absolute atomic E-state index is 0.263. The Balaban J connectivity index is 2.58. The zero-order valence-electron chi connectivity index (χ0n) is 9.16. The fraction of sp³-hybridized carbons (Fsp3) is 0.636. The molecule has 0 saturated heterocycles. The molecule has 15 heavy (non-hydrogen) atoms. The summed E-state index contributed by atoms with van der Waals surface area (Å²) in [6, 6.07) is 0. The van der Waals surface area contributed by atoms with Crippen molar-refractivity contribution in [1.29, 1.82) is 0 Å². The molecule has 2 rings (SSSR count). The van der Waals surface area contributed by atoms with Gasteiger partial charge in [-0.15, -0.1) is 0 Å². The first kappa shape index (κ1) is 10.2. The molecule has 4 nitrogen and oxygen atoms in total. The minimum atomic E-state index is -0.896. The van der Waals surface area contributed by atoms with Crippen molar-refractivity contribution in [2.45, 2.75) is 45.6 Å². The number of hydrogen-bond acceptors (Lipinski definition) is 2. The van der Waals surface area contributed by atoms with Crippen molar-refractivity contribution < 1.29 is 9.90 Å². The highest BCUT2D eigenvalue weighted by atomic mass is 16.4. The molecule has 1 aliphatic rings. The first-order valence-electron chi connectivity index (χ1n) is 5.47. The van der Waals surface area contributed by atoms with Crippen molar-refractivity contribution in [3.05, 3.63) is 17.2 Å². The number of rotatable bonds is 2. The lowest BCUT2D eigenvalue weighted by Gasteiger charge is -2.22. The number of nitrogens with zero attached hydrogens (tertiary/aromatic N) is 2. The molecule has 1 atom stereocenters. The van der Waals surface area contributed by atoms with Crippen LogP contribution in [-0.4, -0.2) is 20.6 Å². The highest BCUT2D eigenvalue weighted by Crippen LogP contribution is 2.30. The van der Waals surface area contributed by atoms with E-state index in [1.165, 1.54) is 0 Å². The number of carboxylic acids is 1. The highest BCUT2D eigenvalue weighted by molar-refractivity contribution is 5.87. The van der Waals surface area contributed by atoms with Gasteiger partial charge in [-0.3, -0.25) is 0 Å². The molecule has 0 aromatic carbocycles. The maximum Gasteiger partial charge on any atom is 0.356 e. The van der Waals surface area contributed by atoms with E-state index in [1.54, 1.807) is 0 Å². The van der Waals surface area contributed by atoms with Gasteiger partial charge >= 0.3 is 5.97 Å². The molecule has 1 N–H and O–H groups in total. The smallest absolute Gasteiger partial charge is 0.356 e. The van der Waals surface area contributed by atoms with E-state index >= 15 is 0 Å². The number of hydrogen-bond donors (Lipinski definition) is 1. The van der Waals surface area contributed by atoms with E-state index in [4.69, 9.17) is 5.11 Å². The van der Waals surface area contributed by atoms with Crippen molar-refractivity contribution in [2.75, 3.05) is 0 Å². The summed E-state index contributed by atoms with van der Waals surface area (Å²) in [4.78, 5) is 15.3. The quantitative estimate of drug-likeness (QED) is 0.809. The van der Waals surface area contributed by atoms with E-state index in [1.807, 2.05) is 6.92 Å². The van der Waals surface area contributed by atoms with Gasteiger partial charge in [0.15, 0.2) is 5.69 Å². The molecule has 1 unspecified atom stereocenters. The Bertz CT molecular complexity index is 396. The Labute approximate surface area is 88.9 Å². The number of carboxylic acid groups (broad SMARTS) is 1. The first-order valence-corrected chi connectivity index (χ1v) is 5.47. The molecule has 1 aromatic heterocycles. The van der Waals surface area contributed by atoms with Crippen molar-refractivity contribution >= 4 is 5.97 Å². The van der Waals surface area contributed by atoms with Gasteiger partial charge in [-0.05, 0) is 18.8 Å². The molecule has 0 saturated carbocycles. The van der Waals surface area contributed by atoms with Crippen LogP contribution in [0.2, 0.25) is 0 Å². The number of carbonyl (C=O) groups is 1. The molecule has 4 heteroatoms. The third-order valence-corrected chi connectivity index (χ3v) is 3.09. The molecule has 0 aliphatic carbocycles. The minimum Gasteiger partial charge on any atom is -0.476 e. The maximum atomic E-state index is 11.1. The second kappa shape index (κ2) is 3.68. The molecule has 1 aliphatic heterocycles. The second-order valence-electron chi connectivity index (χ2n) is 4.12. The largest absolute Gasteiger partial charge is 0.476 e. The summed E-state index contributed by atoms with van der Waals surface area (Å²) < 4.78 is 2.09. The van der Waals surface area contributed by atoms with Crippen molar-refractivity contribution in [3.63, 3.8) is 0 Å². The fourth-order valence-electron chi connectivity index (χ4n) is 2.38. The normalized spacial score (nSPS) is 20.0. The number of aryl methyl sites for hydroxylation is 1. The zero-order chi connectivity index (χ0) is 11.0. The summed E-state index contributed by atoms with van der Waals surface area (Å²) in [6.45, 7) is 5.02. The summed E-state index contributed by atoms with van der Waals surface area (Å²) in [5.74, 6) is 0.332. The van der Waals surface area contributed by atoms with E-state index < -0.39 is 5.97 Å². The van der Waals surface area contributed by atoms with Gasteiger partial charge in [0.1, 0.15) is 5.82 Å². The van der Waals surface area contributed by atoms with Gasteiger partial charge in [-0.2, -0.15) is 0 Å². The van der Waals surface area contributed by atoms with Gasteiger partial charge in [0.05, 0.1) is 5.69 Å². The summed E-state index contributed by atoms with van der Waals surface area (Å²) >= 11 is 0. The summed E-state index contributed by atoms with van der Waals surface area (Å²) in [7, 11) is 0. The SMILES string of the molecule is CCc1nc(C(=O)O)c2n1CCCC2C. The summed E-state index contributed by atoms with van der Waals surface area (Å²) in [6.07, 6.45) is 2.98. The molecule has 0 fully saturated rings. The third-order valence-electron chi connectivity index (χ3n) is 3.09. The zero-order valence-corrected chi connectivity index (χ0v) is 9.16. The van der Waals surface area contributed by atoms with E-state index in [-0.39, 0.29) is 5.69 Å². The van der Waals surface area contributed by atoms with Gasteiger partial charge in [0, 0.05) is 13.0 Å². The Hall–Kier alpha value is -1.32. The van der Waals surface area contributed by atoms with Crippen LogP contribution < -0.4 is 0 Å². The van der Waals surface area contributed by atoms with Crippen LogP contribution in [0.25, 0.3) is 0 Å². The lowest BCUT2D eigenvalue weighted by atomic mass is 9.96. The Morgan fingerprint density at radius 3 is 3.00 bits per heavy atom. The van der Waals surface area contributed by atoms with Gasteiger partial charge in [-0.25, -0.2) is 9.78 Å². The molecule has 0 bridgehead atoms. The molecule has 0 radical (unpaired) electrons. The Kier molecular flexibility index (Phi) is 2.50. The van der Waals surface area contributed by atoms with Crippen LogP contribution in [-0.2, 0) is 13.0 Å². The van der Waals surface area contributed by atoms with Crippen molar-refractivity contribution in [3.8, 4) is 0 Å². The van der Waals surface area contributed by atoms with Crippen LogP contribution in [0.3, 0.4) is 0 Å². The van der Waals surface area contributed by atoms with Crippen LogP contribution in [0.5, 0.6) is 0 Å². The maximum absolute atomic E-state index is 11.1. The van der Waals surface area contributed by atoms with E-state index in [2.05, 4.69) is 16.5 Å². The van der Waals surface area contributed by atoms with Crippen LogP contribution in [0, 0.1) is 0 Å². The average Bonchev–Trinajstić information content (AvgIpc) is 2.58. The summed E-state index contributed by atoms with van der Waals surface area (Å²) in [5.41, 5.74) is 1.18. The second-order valence-corrected chi connectivity index (χ2v) is 4.12. The predicted molar refractivity (Wildman–Crippen MR) is 56.2 cm³/mol. The molecule has 1 aromatic rings. The van der Waals surface area contributed by atoms with Gasteiger partial charge in [0.2, 0.25) is 0 Å². The number of aromatic nitrogens is 2. The van der Waals surface area contributed by atoms with E-state index in [9.17, 15) is 4.79 Å². The van der Waals surface area contributed by atoms with E-state index in [0.29, 0.717) is 5.92 Å². The lowest BCUT2D eigenvalue weighted by Crippen LogP contribution is -2.17. The van der Waals surface area contributed by atoms with Crippen molar-refractivity contribution in [2.24, 2.45) is 0 Å². The third kappa shape index (κ3) is 1.54. The fourth-order valence-corrected chi connectivity index (χ4v) is 2.38. The van der Waals surface area contributed by atoms with E-state index in [0.717, 1.165) is 37.3 Å². The first-order chi connectivity index (χ1) is 7.15. The van der Waals surface area contributed by atoms with Crippen LogP contribution in [0.1, 0.15) is 54.6 Å². The highest BCUT2D eigenvalue weighted by Gasteiger charge is 2.27. The van der Waals surface area contributed by atoms with Crippen LogP contribution in [0.4, 0.5) is 0 Å². The molecular formula is C11H16N2O2. The molecule has 82 valence electrons. The predicted octanol–water partition coefficient (Wildman–Crippen LogP) is 2.04. The summed E-state index contributed by atoms with van der Waals surface area (Å²) in [5, 5.41) is 9.09. The molecule has 0 amide bonds. The van der Waals surface area contributed by atoms with Crippen molar-refractivity contribution in [1.82, 2.24) is 9.55 Å². The van der Waals surface area contributed by atoms with Crippen LogP contribution in [0.15, 0.2) is 0 Å². The number of fused-ring (bicyclic) bond motifs is 1. The Morgan fingerprint density at radius 2 is 2.40 bits per heavy atom. The molecule has 2 heterocycles. The topological polar surface area (TPSA) is 55.1 Å². The monoisotopic (exact) mass is 208 g/mol. The van der Waals surface area contributed by atoms with Gasteiger partial charge < -0.3 is 9.67 Å². The lowest BCUT2D eigenvalue weighted by molar-refractivity contribution is 0.0688. The molecule has 0 spiro atoms. The molecular weight excluding hydrogens is 192 g/mol. The standard InChI is InChI=1S/C11H16N2O2/c1-3-8-12-9(11(14)15)10-7(2)5-4-6-13(8)10/h7H,3-6H2,1-2H3,(H,14,15). The van der Waals surface area contributed by atoms with Crippen LogP contribution >= 0.6 is 0 Å². The van der Waals surface area contributed by atoms with Gasteiger partial charge in [0.25, 0.3) is 0 Å². The van der Waals surface area contributed by atoms with Gasteiger partial charge in [-0.1, -0.05) is 13.8 Å². The Morgan fingerprint density at radius 1 is 1.67 bits per heavy atom. The number of imidazole rings is 1.